The normalized spacial score (nSPS) is 18.6. The fourth-order valence-electron chi connectivity index (χ4n) is 2.01. The third-order valence-corrected chi connectivity index (χ3v) is 3.06. The summed E-state index contributed by atoms with van der Waals surface area (Å²) in [7, 11) is 0. The van der Waals surface area contributed by atoms with Gasteiger partial charge in [0.1, 0.15) is 6.04 Å². The lowest BCUT2D eigenvalue weighted by atomic mass is 10.1. The molecule has 1 fully saturated rings. The van der Waals surface area contributed by atoms with Crippen LogP contribution in [-0.2, 0) is 9.59 Å². The molecule has 1 N–H and O–H groups in total. The Morgan fingerprint density at radius 3 is 2.67 bits per heavy atom. The maximum atomic E-state index is 12.4. The summed E-state index contributed by atoms with van der Waals surface area (Å²) in [4.78, 5) is 35.4. The molecule has 1 unspecified atom stereocenters. The first-order valence-corrected chi connectivity index (χ1v) is 6.33. The standard InChI is InChI=1S/C14H14N4O3/c1-3-5-6-9-10(4-2)16-17-18(14(9)21)11-7-8-12(19)15-13(11)20/h3-6,11H,1-2,7-8H2,(H,15,19,20)/b6-5-. The van der Waals surface area contributed by atoms with Crippen molar-refractivity contribution in [3.8, 4) is 0 Å². The molecule has 0 aliphatic carbocycles. The first kappa shape index (κ1) is 14.6. The van der Waals surface area contributed by atoms with Crippen LogP contribution in [0.4, 0.5) is 0 Å². The molecule has 0 aromatic carbocycles. The number of amides is 2. The van der Waals surface area contributed by atoms with Crippen LogP contribution in [0.2, 0.25) is 0 Å². The van der Waals surface area contributed by atoms with Gasteiger partial charge < -0.3 is 0 Å². The lowest BCUT2D eigenvalue weighted by Crippen LogP contribution is -2.45. The zero-order valence-electron chi connectivity index (χ0n) is 11.3. The van der Waals surface area contributed by atoms with Gasteiger partial charge in [-0.05, 0) is 18.6 Å². The van der Waals surface area contributed by atoms with E-state index < -0.39 is 17.5 Å². The number of piperidine rings is 1. The molecule has 2 heterocycles. The number of hydrogen-bond acceptors (Lipinski definition) is 5. The SMILES string of the molecule is C=C/C=C\c1c(C=C)nnn(C2CCC(=O)NC2=O)c1=O. The zero-order valence-corrected chi connectivity index (χ0v) is 11.3. The van der Waals surface area contributed by atoms with Crippen molar-refractivity contribution in [2.45, 2.75) is 18.9 Å². The van der Waals surface area contributed by atoms with E-state index in [0.29, 0.717) is 5.69 Å². The molecule has 1 aromatic rings. The van der Waals surface area contributed by atoms with Crippen molar-refractivity contribution in [2.75, 3.05) is 0 Å². The highest BCUT2D eigenvalue weighted by molar-refractivity contribution is 5.99. The average molecular weight is 286 g/mol. The number of rotatable bonds is 4. The van der Waals surface area contributed by atoms with Gasteiger partial charge in [-0.1, -0.05) is 30.5 Å². The van der Waals surface area contributed by atoms with Gasteiger partial charge in [0.25, 0.3) is 11.5 Å². The van der Waals surface area contributed by atoms with Crippen LogP contribution in [0.25, 0.3) is 12.2 Å². The van der Waals surface area contributed by atoms with Crippen molar-refractivity contribution < 1.29 is 9.59 Å². The number of aromatic nitrogens is 3. The third kappa shape index (κ3) is 2.86. The van der Waals surface area contributed by atoms with Gasteiger partial charge in [0.05, 0.1) is 11.3 Å². The Morgan fingerprint density at radius 2 is 2.05 bits per heavy atom. The fourth-order valence-corrected chi connectivity index (χ4v) is 2.01. The number of imide groups is 1. The van der Waals surface area contributed by atoms with Gasteiger partial charge >= 0.3 is 0 Å². The van der Waals surface area contributed by atoms with E-state index in [-0.39, 0.29) is 24.3 Å². The molecular weight excluding hydrogens is 272 g/mol. The van der Waals surface area contributed by atoms with E-state index in [2.05, 4.69) is 28.8 Å². The predicted molar refractivity (Wildman–Crippen MR) is 77.0 cm³/mol. The minimum absolute atomic E-state index is 0.158. The molecule has 2 rings (SSSR count). The van der Waals surface area contributed by atoms with Crippen molar-refractivity contribution in [3.05, 3.63) is 46.9 Å². The second kappa shape index (κ2) is 6.08. The van der Waals surface area contributed by atoms with Crippen LogP contribution in [0.15, 0.2) is 30.1 Å². The van der Waals surface area contributed by atoms with E-state index in [9.17, 15) is 14.4 Å². The van der Waals surface area contributed by atoms with Gasteiger partial charge in [0.2, 0.25) is 5.91 Å². The molecule has 1 aromatic heterocycles. The Labute approximate surface area is 120 Å². The predicted octanol–water partition coefficient (Wildman–Crippen LogP) is 0.458. The molecule has 7 heteroatoms. The van der Waals surface area contributed by atoms with Crippen molar-refractivity contribution in [1.29, 1.82) is 0 Å². The van der Waals surface area contributed by atoms with Crippen LogP contribution < -0.4 is 10.9 Å². The summed E-state index contributed by atoms with van der Waals surface area (Å²) < 4.78 is 0.998. The summed E-state index contributed by atoms with van der Waals surface area (Å²) in [6.07, 6.45) is 6.42. The molecule has 1 saturated heterocycles. The van der Waals surface area contributed by atoms with Crippen LogP contribution in [0, 0.1) is 0 Å². The summed E-state index contributed by atoms with van der Waals surface area (Å²) in [5, 5.41) is 9.84. The summed E-state index contributed by atoms with van der Waals surface area (Å²) in [6, 6.07) is -0.836. The van der Waals surface area contributed by atoms with Crippen molar-refractivity contribution in [3.63, 3.8) is 0 Å². The van der Waals surface area contributed by atoms with E-state index >= 15 is 0 Å². The topological polar surface area (TPSA) is 93.9 Å². The molecular formula is C14H14N4O3. The highest BCUT2D eigenvalue weighted by atomic mass is 16.2. The molecule has 21 heavy (non-hydrogen) atoms. The number of hydrogen-bond donors (Lipinski definition) is 1. The van der Waals surface area contributed by atoms with Crippen molar-refractivity contribution in [2.24, 2.45) is 0 Å². The number of carbonyl (C=O) groups excluding carboxylic acids is 2. The second-order valence-electron chi connectivity index (χ2n) is 4.40. The Hall–Kier alpha value is -2.83. The van der Waals surface area contributed by atoms with Gasteiger partial charge in [-0.15, -0.1) is 5.10 Å². The van der Waals surface area contributed by atoms with Crippen LogP contribution in [-0.4, -0.2) is 26.8 Å². The lowest BCUT2D eigenvalue weighted by molar-refractivity contribution is -0.136. The van der Waals surface area contributed by atoms with Crippen LogP contribution in [0.1, 0.15) is 30.1 Å². The zero-order chi connectivity index (χ0) is 15.4. The van der Waals surface area contributed by atoms with Gasteiger partial charge in [-0.2, -0.15) is 4.68 Å². The lowest BCUT2D eigenvalue weighted by Gasteiger charge is -2.21. The number of allylic oxidation sites excluding steroid dienone is 2. The van der Waals surface area contributed by atoms with E-state index in [0.717, 1.165) is 4.68 Å². The molecule has 2 amide bonds. The third-order valence-electron chi connectivity index (χ3n) is 3.06. The summed E-state index contributed by atoms with van der Waals surface area (Å²) in [6.45, 7) is 7.11. The van der Waals surface area contributed by atoms with E-state index in [4.69, 9.17) is 0 Å². The summed E-state index contributed by atoms with van der Waals surface area (Å²) in [5.74, 6) is -0.903. The highest BCUT2D eigenvalue weighted by Crippen LogP contribution is 2.16. The maximum absolute atomic E-state index is 12.4. The fraction of sp³-hybridized carbons (Fsp3) is 0.214. The van der Waals surface area contributed by atoms with Gasteiger partial charge in [0.15, 0.2) is 0 Å². The summed E-state index contributed by atoms with van der Waals surface area (Å²) in [5.41, 5.74) is 0.124. The molecule has 0 saturated carbocycles. The molecule has 0 radical (unpaired) electrons. The Kier molecular flexibility index (Phi) is 4.22. The minimum atomic E-state index is -0.836. The van der Waals surface area contributed by atoms with E-state index in [1.807, 2.05) is 0 Å². The Morgan fingerprint density at radius 1 is 1.29 bits per heavy atom. The van der Waals surface area contributed by atoms with Crippen molar-refractivity contribution in [1.82, 2.24) is 20.3 Å². The van der Waals surface area contributed by atoms with E-state index in [1.54, 1.807) is 6.08 Å². The molecule has 1 aliphatic heterocycles. The second-order valence-corrected chi connectivity index (χ2v) is 4.40. The van der Waals surface area contributed by atoms with Gasteiger partial charge in [0, 0.05) is 6.42 Å². The molecule has 7 nitrogen and oxygen atoms in total. The molecule has 1 atom stereocenters. The quantitative estimate of drug-likeness (QED) is 0.641. The number of nitrogens with zero attached hydrogens (tertiary/aromatic N) is 3. The highest BCUT2D eigenvalue weighted by Gasteiger charge is 2.30. The van der Waals surface area contributed by atoms with Crippen LogP contribution in [0.5, 0.6) is 0 Å². The van der Waals surface area contributed by atoms with Gasteiger partial charge in [-0.25, -0.2) is 0 Å². The maximum Gasteiger partial charge on any atom is 0.278 e. The van der Waals surface area contributed by atoms with E-state index in [1.165, 1.54) is 18.2 Å². The largest absolute Gasteiger partial charge is 0.295 e. The first-order chi connectivity index (χ1) is 10.1. The summed E-state index contributed by atoms with van der Waals surface area (Å²) >= 11 is 0. The molecule has 0 bridgehead atoms. The van der Waals surface area contributed by atoms with Crippen LogP contribution >= 0.6 is 0 Å². The Balaban J connectivity index is 2.50. The number of nitrogens with one attached hydrogen (secondary N) is 1. The molecule has 0 spiro atoms. The van der Waals surface area contributed by atoms with Gasteiger partial charge in [-0.3, -0.25) is 19.7 Å². The monoisotopic (exact) mass is 286 g/mol. The van der Waals surface area contributed by atoms with Crippen molar-refractivity contribution >= 4 is 24.0 Å². The number of carbonyl (C=O) groups is 2. The molecule has 1 aliphatic rings. The average Bonchev–Trinajstić information content (AvgIpc) is 2.46. The van der Waals surface area contributed by atoms with Crippen LogP contribution in [0.3, 0.4) is 0 Å². The first-order valence-electron chi connectivity index (χ1n) is 6.33. The Bertz CT molecular complexity index is 703. The minimum Gasteiger partial charge on any atom is -0.295 e. The smallest absolute Gasteiger partial charge is 0.278 e. The molecule has 108 valence electrons.